The molecule has 1 aliphatic heterocycles. The van der Waals surface area contributed by atoms with Crippen LogP contribution >= 0.6 is 11.8 Å². The van der Waals surface area contributed by atoms with Crippen molar-refractivity contribution in [1.29, 1.82) is 5.26 Å². The van der Waals surface area contributed by atoms with E-state index in [1.54, 1.807) is 6.08 Å². The molecule has 0 unspecified atom stereocenters. The number of hydrogen-bond acceptors (Lipinski definition) is 8. The molecule has 0 aliphatic carbocycles. The van der Waals surface area contributed by atoms with Crippen LogP contribution in [0.1, 0.15) is 38.7 Å². The van der Waals surface area contributed by atoms with Crippen molar-refractivity contribution in [3.63, 3.8) is 0 Å². The molecule has 0 saturated carbocycles. The number of fused-ring (bicyclic) bond motifs is 1. The number of rotatable bonds is 15. The van der Waals surface area contributed by atoms with Gasteiger partial charge in [0.2, 0.25) is 0 Å². The molecular formula is C30H39ClN4O5. The number of nitrogens with one attached hydrogen (secondary N) is 2. The van der Waals surface area contributed by atoms with Crippen molar-refractivity contribution in [3.8, 4) is 6.07 Å². The zero-order chi connectivity index (χ0) is 28.7. The minimum atomic E-state index is -0.568. The predicted molar refractivity (Wildman–Crippen MR) is 157 cm³/mol. The minimum Gasteiger partial charge on any atom is -0.462 e. The summed E-state index contributed by atoms with van der Waals surface area (Å²) < 4.78 is 15.9. The van der Waals surface area contributed by atoms with Crippen LogP contribution in [0.3, 0.4) is 0 Å². The smallest absolute Gasteiger partial charge is 0.324 e. The molecule has 0 radical (unpaired) electrons. The minimum absolute atomic E-state index is 0.0103. The van der Waals surface area contributed by atoms with Gasteiger partial charge in [-0.15, -0.1) is 0 Å². The Morgan fingerprint density at radius 1 is 1.00 bits per heavy atom. The van der Waals surface area contributed by atoms with Gasteiger partial charge in [-0.3, -0.25) is 9.59 Å². The van der Waals surface area contributed by atoms with Crippen molar-refractivity contribution in [2.24, 2.45) is 5.92 Å². The first-order chi connectivity index (χ1) is 19.4. The molecule has 1 aliphatic rings. The molecular weight excluding hydrogens is 532 g/mol. The lowest BCUT2D eigenvalue weighted by atomic mass is 10.0. The Labute approximate surface area is 241 Å². The van der Waals surface area contributed by atoms with E-state index in [0.29, 0.717) is 13.2 Å². The summed E-state index contributed by atoms with van der Waals surface area (Å²) in [5.74, 6) is -0.860. The number of carbonyl (C=O) groups excluding carboxylic acids is 2. The maximum atomic E-state index is 12.5. The van der Waals surface area contributed by atoms with Gasteiger partial charge in [0.25, 0.3) is 5.91 Å². The number of ether oxygens (including phenoxy) is 3. The van der Waals surface area contributed by atoms with Crippen molar-refractivity contribution < 1.29 is 23.8 Å². The second-order valence-electron chi connectivity index (χ2n) is 9.99. The molecule has 1 saturated heterocycles. The number of nitriles is 1. The number of halogens is 1. The van der Waals surface area contributed by atoms with Gasteiger partial charge in [-0.05, 0) is 77.6 Å². The molecule has 1 fully saturated rings. The van der Waals surface area contributed by atoms with Crippen LogP contribution in [0.4, 0.5) is 5.69 Å². The van der Waals surface area contributed by atoms with Crippen LogP contribution in [0, 0.1) is 17.2 Å². The number of benzene rings is 2. The predicted octanol–water partition coefficient (Wildman–Crippen LogP) is 4.20. The Morgan fingerprint density at radius 2 is 1.68 bits per heavy atom. The van der Waals surface area contributed by atoms with Gasteiger partial charge >= 0.3 is 5.97 Å². The highest BCUT2D eigenvalue weighted by Gasteiger charge is 2.22. The monoisotopic (exact) mass is 570 g/mol. The van der Waals surface area contributed by atoms with Crippen LogP contribution in [0.15, 0.2) is 42.0 Å². The largest absolute Gasteiger partial charge is 0.462 e. The molecule has 2 aromatic carbocycles. The van der Waals surface area contributed by atoms with Gasteiger partial charge in [-0.1, -0.05) is 32.0 Å². The number of esters is 1. The van der Waals surface area contributed by atoms with E-state index < -0.39 is 17.9 Å². The maximum Gasteiger partial charge on any atom is 0.324 e. The van der Waals surface area contributed by atoms with E-state index in [-0.39, 0.29) is 37.9 Å². The summed E-state index contributed by atoms with van der Waals surface area (Å²) in [6, 6.07) is 13.8. The fourth-order valence-electron chi connectivity index (χ4n) is 4.39. The van der Waals surface area contributed by atoms with Crippen LogP contribution in [0.5, 0.6) is 0 Å². The molecule has 10 heteroatoms. The third kappa shape index (κ3) is 9.79. The van der Waals surface area contributed by atoms with Crippen molar-refractivity contribution >= 4 is 46.2 Å². The SMILES string of the molecule is CC(C)[C@H](NCl)C(=O)OCCOCCOCCNC(=O)/C(C#N)=C/c1ccc2cc(N3CCCCC3)ccc2c1. The summed E-state index contributed by atoms with van der Waals surface area (Å²) in [5.41, 5.74) is 2.07. The van der Waals surface area contributed by atoms with Crippen LogP contribution in [0.25, 0.3) is 16.8 Å². The van der Waals surface area contributed by atoms with Gasteiger partial charge in [0, 0.05) is 25.3 Å². The summed E-state index contributed by atoms with van der Waals surface area (Å²) in [4.78, 5) is 29.2. The van der Waals surface area contributed by atoms with Gasteiger partial charge in [-0.25, -0.2) is 4.84 Å². The zero-order valence-corrected chi connectivity index (χ0v) is 24.0. The highest BCUT2D eigenvalue weighted by molar-refractivity contribution is 6.14. The summed E-state index contributed by atoms with van der Waals surface area (Å²) >= 11 is 5.56. The van der Waals surface area contributed by atoms with Gasteiger partial charge in [-0.2, -0.15) is 5.26 Å². The average Bonchev–Trinajstić information content (AvgIpc) is 2.97. The molecule has 0 aromatic heterocycles. The lowest BCUT2D eigenvalue weighted by Crippen LogP contribution is -2.37. The fraction of sp³-hybridized carbons (Fsp3) is 0.500. The number of anilines is 1. The summed E-state index contributed by atoms with van der Waals surface area (Å²) in [5, 5.41) is 14.4. The maximum absolute atomic E-state index is 12.5. The average molecular weight is 571 g/mol. The molecule has 0 spiro atoms. The number of hydrogen-bond donors (Lipinski definition) is 2. The van der Waals surface area contributed by atoms with E-state index in [2.05, 4.69) is 33.3 Å². The summed E-state index contributed by atoms with van der Waals surface area (Å²) in [6.45, 7) is 7.45. The van der Waals surface area contributed by atoms with E-state index in [0.717, 1.165) is 29.4 Å². The lowest BCUT2D eigenvalue weighted by Gasteiger charge is -2.29. The van der Waals surface area contributed by atoms with E-state index in [4.69, 9.17) is 26.0 Å². The third-order valence-corrected chi connectivity index (χ3v) is 6.89. The Hall–Kier alpha value is -3.16. The zero-order valence-electron chi connectivity index (χ0n) is 23.3. The molecule has 1 atom stereocenters. The van der Waals surface area contributed by atoms with E-state index >= 15 is 0 Å². The first-order valence-corrected chi connectivity index (χ1v) is 14.2. The lowest BCUT2D eigenvalue weighted by molar-refractivity contribution is -0.148. The van der Waals surface area contributed by atoms with Crippen molar-refractivity contribution in [2.75, 3.05) is 57.6 Å². The van der Waals surface area contributed by atoms with Crippen LogP contribution in [-0.2, 0) is 23.8 Å². The number of amides is 1. The molecule has 2 N–H and O–H groups in total. The fourth-order valence-corrected chi connectivity index (χ4v) is 4.73. The Morgan fingerprint density at radius 3 is 2.38 bits per heavy atom. The number of nitrogens with zero attached hydrogens (tertiary/aromatic N) is 2. The normalized spacial score (nSPS) is 14.7. The van der Waals surface area contributed by atoms with Crippen molar-refractivity contribution in [1.82, 2.24) is 10.2 Å². The van der Waals surface area contributed by atoms with Gasteiger partial charge < -0.3 is 24.4 Å². The molecule has 40 heavy (non-hydrogen) atoms. The van der Waals surface area contributed by atoms with E-state index in [9.17, 15) is 14.9 Å². The second kappa shape index (κ2) is 16.8. The Kier molecular flexibility index (Phi) is 13.2. The molecule has 216 valence electrons. The molecule has 1 amide bonds. The van der Waals surface area contributed by atoms with Crippen LogP contribution in [0.2, 0.25) is 0 Å². The highest BCUT2D eigenvalue weighted by Crippen LogP contribution is 2.26. The van der Waals surface area contributed by atoms with Gasteiger partial charge in [0.1, 0.15) is 24.3 Å². The van der Waals surface area contributed by atoms with Crippen LogP contribution < -0.4 is 15.1 Å². The first-order valence-electron chi connectivity index (χ1n) is 13.8. The number of carbonyl (C=O) groups is 2. The topological polar surface area (TPSA) is 113 Å². The first kappa shape index (κ1) is 31.4. The Bertz CT molecular complexity index is 1190. The second-order valence-corrected chi connectivity index (χ2v) is 10.2. The van der Waals surface area contributed by atoms with Gasteiger partial charge in [0.05, 0.1) is 26.4 Å². The molecule has 3 rings (SSSR count). The molecule has 1 heterocycles. The van der Waals surface area contributed by atoms with Crippen LogP contribution in [-0.4, -0.2) is 70.6 Å². The standard InChI is InChI=1S/C30H39ClN4O5/c1-22(2)28(34-31)30(37)40-17-16-39-15-14-38-13-10-33-29(36)26(21-32)19-23-6-7-25-20-27(9-8-24(25)18-23)35-11-4-3-5-12-35/h6-9,18-20,22,28,34H,3-5,10-17H2,1-2H3,(H,33,36)/b26-19+/t28-/m0/s1. The molecule has 0 bridgehead atoms. The van der Waals surface area contributed by atoms with Crippen molar-refractivity contribution in [3.05, 3.63) is 47.5 Å². The number of piperidine rings is 1. The summed E-state index contributed by atoms with van der Waals surface area (Å²) in [6.07, 6.45) is 5.36. The van der Waals surface area contributed by atoms with E-state index in [1.165, 1.54) is 24.9 Å². The van der Waals surface area contributed by atoms with Crippen molar-refractivity contribution in [2.45, 2.75) is 39.2 Å². The summed E-state index contributed by atoms with van der Waals surface area (Å²) in [7, 11) is 0. The highest BCUT2D eigenvalue weighted by atomic mass is 35.5. The molecule has 2 aromatic rings. The Balaban J connectivity index is 1.35. The third-order valence-electron chi connectivity index (χ3n) is 6.66. The molecule has 9 nitrogen and oxygen atoms in total. The quantitative estimate of drug-likeness (QED) is 0.108. The van der Waals surface area contributed by atoms with E-state index in [1.807, 2.05) is 38.1 Å². The van der Waals surface area contributed by atoms with Gasteiger partial charge in [0.15, 0.2) is 0 Å².